The average molecular weight is 254 g/mol. The van der Waals surface area contributed by atoms with E-state index in [2.05, 4.69) is 24.8 Å². The number of carboxylic acid groups (broad SMARTS) is 1. The third-order valence-corrected chi connectivity index (χ3v) is 2.82. The fourth-order valence-corrected chi connectivity index (χ4v) is 1.72. The van der Waals surface area contributed by atoms with Crippen LogP contribution in [0.4, 0.5) is 0 Å². The first-order valence-electron chi connectivity index (χ1n) is 5.70. The van der Waals surface area contributed by atoms with E-state index in [-0.39, 0.29) is 11.7 Å². The lowest BCUT2D eigenvalue weighted by atomic mass is 10.2. The number of hydrogen-bond donors (Lipinski definition) is 2. The second-order valence-corrected chi connectivity index (χ2v) is 4.62. The van der Waals surface area contributed by atoms with E-state index in [9.17, 15) is 4.79 Å². The average Bonchev–Trinajstić information content (AvgIpc) is 2.29. The van der Waals surface area contributed by atoms with Gasteiger partial charge in [0.1, 0.15) is 0 Å². The zero-order valence-corrected chi connectivity index (χ0v) is 10.6. The molecular formula is C13H18O3S. The summed E-state index contributed by atoms with van der Waals surface area (Å²) in [6, 6.07) is 10.1. The normalized spacial score (nSPS) is 12.3. The van der Waals surface area contributed by atoms with Gasteiger partial charge < -0.3 is 9.84 Å². The van der Waals surface area contributed by atoms with Crippen molar-refractivity contribution in [3.8, 4) is 0 Å². The molecule has 1 rings (SSSR count). The Bertz CT molecular complexity index is 327. The number of ether oxygens (including phenoxy) is 1. The molecule has 0 aliphatic rings. The van der Waals surface area contributed by atoms with Crippen LogP contribution in [0.3, 0.4) is 0 Å². The van der Waals surface area contributed by atoms with Gasteiger partial charge in [-0.25, -0.2) is 0 Å². The van der Waals surface area contributed by atoms with Crippen molar-refractivity contribution in [2.24, 2.45) is 0 Å². The molecule has 1 aromatic rings. The fraction of sp³-hybridized carbons (Fsp3) is 0.462. The molecule has 0 bridgehead atoms. The van der Waals surface area contributed by atoms with E-state index in [0.717, 1.165) is 6.42 Å². The van der Waals surface area contributed by atoms with Gasteiger partial charge in [0, 0.05) is 11.9 Å². The Kier molecular flexibility index (Phi) is 6.74. The van der Waals surface area contributed by atoms with Gasteiger partial charge in [0.15, 0.2) is 0 Å². The van der Waals surface area contributed by atoms with Crippen LogP contribution < -0.4 is 0 Å². The van der Waals surface area contributed by atoms with Crippen LogP contribution in [0.2, 0.25) is 0 Å². The van der Waals surface area contributed by atoms with E-state index < -0.39 is 5.97 Å². The molecule has 0 amide bonds. The maximum atomic E-state index is 10.4. The Morgan fingerprint density at radius 2 is 2.00 bits per heavy atom. The van der Waals surface area contributed by atoms with Gasteiger partial charge in [-0.2, -0.15) is 12.6 Å². The summed E-state index contributed by atoms with van der Waals surface area (Å²) < 4.78 is 5.45. The van der Waals surface area contributed by atoms with Crippen LogP contribution in [-0.2, 0) is 16.0 Å². The lowest BCUT2D eigenvalue weighted by molar-refractivity contribution is -0.137. The topological polar surface area (TPSA) is 46.5 Å². The Morgan fingerprint density at radius 1 is 1.29 bits per heavy atom. The number of carbonyl (C=O) groups is 1. The number of carboxylic acids is 1. The Morgan fingerprint density at radius 3 is 2.65 bits per heavy atom. The maximum Gasteiger partial charge on any atom is 0.304 e. The van der Waals surface area contributed by atoms with Gasteiger partial charge in [0.25, 0.3) is 0 Å². The number of rotatable bonds is 8. The summed E-state index contributed by atoms with van der Waals surface area (Å²) in [6.45, 7) is 1.23. The van der Waals surface area contributed by atoms with Crippen molar-refractivity contribution in [2.75, 3.05) is 13.2 Å². The molecule has 3 nitrogen and oxygen atoms in total. The second-order valence-electron chi connectivity index (χ2n) is 3.89. The zero-order chi connectivity index (χ0) is 12.5. The molecule has 94 valence electrons. The summed E-state index contributed by atoms with van der Waals surface area (Å²) in [5, 5.41) is 8.42. The maximum absolute atomic E-state index is 10.4. The van der Waals surface area contributed by atoms with Crippen LogP contribution in [-0.4, -0.2) is 29.5 Å². The molecule has 0 aliphatic carbocycles. The highest BCUT2D eigenvalue weighted by atomic mass is 32.1. The molecule has 0 aromatic heterocycles. The molecule has 1 aromatic carbocycles. The molecule has 0 heterocycles. The number of hydrogen-bond acceptors (Lipinski definition) is 3. The molecule has 0 spiro atoms. The molecule has 0 fully saturated rings. The van der Waals surface area contributed by atoms with E-state index in [4.69, 9.17) is 9.84 Å². The predicted molar refractivity (Wildman–Crippen MR) is 70.6 cm³/mol. The van der Waals surface area contributed by atoms with Crippen molar-refractivity contribution in [3.05, 3.63) is 35.9 Å². The first kappa shape index (κ1) is 14.1. The minimum absolute atomic E-state index is 0.0884. The van der Waals surface area contributed by atoms with E-state index in [0.29, 0.717) is 19.6 Å². The van der Waals surface area contributed by atoms with Crippen LogP contribution in [0.25, 0.3) is 0 Å². The SMILES string of the molecule is O=C(O)CC(S)CCOCCc1ccccc1. The summed E-state index contributed by atoms with van der Waals surface area (Å²) in [4.78, 5) is 10.4. The minimum Gasteiger partial charge on any atom is -0.481 e. The van der Waals surface area contributed by atoms with Gasteiger partial charge in [0.2, 0.25) is 0 Å². The standard InChI is InChI=1S/C13H18O3S/c14-13(15)10-12(17)7-9-16-8-6-11-4-2-1-3-5-11/h1-5,12,17H,6-10H2,(H,14,15). The largest absolute Gasteiger partial charge is 0.481 e. The van der Waals surface area contributed by atoms with Gasteiger partial charge in [-0.1, -0.05) is 30.3 Å². The summed E-state index contributed by atoms with van der Waals surface area (Å²) in [5.74, 6) is -0.811. The Hall–Kier alpha value is -1.00. The van der Waals surface area contributed by atoms with E-state index in [1.165, 1.54) is 5.56 Å². The summed E-state index contributed by atoms with van der Waals surface area (Å²) >= 11 is 4.18. The lowest BCUT2D eigenvalue weighted by Crippen LogP contribution is -2.11. The summed E-state index contributed by atoms with van der Waals surface area (Å²) in [7, 11) is 0. The van der Waals surface area contributed by atoms with E-state index in [1.54, 1.807) is 0 Å². The van der Waals surface area contributed by atoms with Gasteiger partial charge in [0.05, 0.1) is 13.0 Å². The monoisotopic (exact) mass is 254 g/mol. The van der Waals surface area contributed by atoms with Crippen LogP contribution in [0.15, 0.2) is 30.3 Å². The predicted octanol–water partition coefficient (Wildman–Crippen LogP) is 2.41. The molecule has 0 saturated carbocycles. The molecule has 1 N–H and O–H groups in total. The van der Waals surface area contributed by atoms with Gasteiger partial charge >= 0.3 is 5.97 Å². The highest BCUT2D eigenvalue weighted by Crippen LogP contribution is 2.07. The Labute approximate surface area is 107 Å². The molecular weight excluding hydrogens is 236 g/mol. The van der Waals surface area contributed by atoms with Crippen molar-refractivity contribution in [1.29, 1.82) is 0 Å². The molecule has 0 saturated heterocycles. The third-order valence-electron chi connectivity index (χ3n) is 2.38. The van der Waals surface area contributed by atoms with Crippen LogP contribution in [0.1, 0.15) is 18.4 Å². The first-order chi connectivity index (χ1) is 8.18. The molecule has 17 heavy (non-hydrogen) atoms. The van der Waals surface area contributed by atoms with Crippen molar-refractivity contribution < 1.29 is 14.6 Å². The number of aliphatic carboxylic acids is 1. The minimum atomic E-state index is -0.811. The smallest absolute Gasteiger partial charge is 0.304 e. The van der Waals surface area contributed by atoms with Gasteiger partial charge in [-0.3, -0.25) is 4.79 Å². The fourth-order valence-electron chi connectivity index (χ4n) is 1.46. The lowest BCUT2D eigenvalue weighted by Gasteiger charge is -2.08. The van der Waals surface area contributed by atoms with Crippen LogP contribution in [0.5, 0.6) is 0 Å². The van der Waals surface area contributed by atoms with Crippen LogP contribution >= 0.6 is 12.6 Å². The zero-order valence-electron chi connectivity index (χ0n) is 9.71. The quantitative estimate of drug-likeness (QED) is 0.553. The second kappa shape index (κ2) is 8.14. The summed E-state index contributed by atoms with van der Waals surface area (Å²) in [5.41, 5.74) is 1.25. The number of benzene rings is 1. The Balaban J connectivity index is 2.03. The van der Waals surface area contributed by atoms with Gasteiger partial charge in [-0.05, 0) is 18.4 Å². The first-order valence-corrected chi connectivity index (χ1v) is 6.21. The third kappa shape index (κ3) is 7.02. The molecule has 0 aliphatic heterocycles. The highest BCUT2D eigenvalue weighted by Gasteiger charge is 2.07. The van der Waals surface area contributed by atoms with Crippen molar-refractivity contribution in [1.82, 2.24) is 0 Å². The van der Waals surface area contributed by atoms with Crippen molar-refractivity contribution in [3.63, 3.8) is 0 Å². The molecule has 0 radical (unpaired) electrons. The molecule has 1 atom stereocenters. The summed E-state index contributed by atoms with van der Waals surface area (Å²) in [6.07, 6.45) is 1.65. The van der Waals surface area contributed by atoms with E-state index >= 15 is 0 Å². The van der Waals surface area contributed by atoms with Crippen LogP contribution in [0, 0.1) is 0 Å². The number of thiol groups is 1. The van der Waals surface area contributed by atoms with Crippen molar-refractivity contribution in [2.45, 2.75) is 24.5 Å². The highest BCUT2D eigenvalue weighted by molar-refractivity contribution is 7.81. The molecule has 1 unspecified atom stereocenters. The van der Waals surface area contributed by atoms with Gasteiger partial charge in [-0.15, -0.1) is 0 Å². The van der Waals surface area contributed by atoms with E-state index in [1.807, 2.05) is 18.2 Å². The molecule has 4 heteroatoms. The van der Waals surface area contributed by atoms with Crippen molar-refractivity contribution >= 4 is 18.6 Å².